The zero-order valence-corrected chi connectivity index (χ0v) is 25.6. The normalized spacial score (nSPS) is 11.0. The predicted molar refractivity (Wildman–Crippen MR) is 185 cm³/mol. The first-order valence-corrected chi connectivity index (χ1v) is 15.4. The molecule has 0 saturated carbocycles. The fourth-order valence-corrected chi connectivity index (χ4v) is 6.15. The molecule has 49 heavy (non-hydrogen) atoms. The maximum atomic E-state index is 15.2. The summed E-state index contributed by atoms with van der Waals surface area (Å²) in [6.45, 7) is 0. The summed E-state index contributed by atoms with van der Waals surface area (Å²) in [6.07, 6.45) is 0. The fraction of sp³-hybridized carbons (Fsp3) is 0. The van der Waals surface area contributed by atoms with Gasteiger partial charge in [-0.3, -0.25) is 0 Å². The van der Waals surface area contributed by atoms with Crippen LogP contribution in [0.5, 0.6) is 0 Å². The Balaban J connectivity index is 1.47. The van der Waals surface area contributed by atoms with Gasteiger partial charge in [0, 0.05) is 39.1 Å². The summed E-state index contributed by atoms with van der Waals surface area (Å²) >= 11 is 0. The summed E-state index contributed by atoms with van der Waals surface area (Å²) in [6, 6.07) is 43.4. The molecule has 8 heteroatoms. The minimum absolute atomic E-state index is 0.217. The Kier molecular flexibility index (Phi) is 7.17. The SMILES string of the molecule is N#Cc1ccc2c(c1)c1cc(C#N)ccc1n2-c1ccc(-c2ccc(F)cc2F)cc1-c1nc(-c2ccccc2)nc(-c2ccccc2)n1. The van der Waals surface area contributed by atoms with E-state index in [2.05, 4.69) is 12.1 Å². The third-order valence-electron chi connectivity index (χ3n) is 8.44. The topological polar surface area (TPSA) is 91.2 Å². The molecule has 0 radical (unpaired) electrons. The molecule has 0 aliphatic heterocycles. The number of fused-ring (bicyclic) bond motifs is 3. The van der Waals surface area contributed by atoms with E-state index in [-0.39, 0.29) is 5.56 Å². The van der Waals surface area contributed by atoms with Crippen molar-refractivity contribution in [2.24, 2.45) is 0 Å². The molecule has 2 heterocycles. The summed E-state index contributed by atoms with van der Waals surface area (Å²) in [7, 11) is 0. The highest BCUT2D eigenvalue weighted by Gasteiger charge is 2.21. The van der Waals surface area contributed by atoms with Crippen molar-refractivity contribution in [2.45, 2.75) is 0 Å². The lowest BCUT2D eigenvalue weighted by Gasteiger charge is -2.16. The molecule has 0 saturated heterocycles. The predicted octanol–water partition coefficient (Wildman–Crippen LogP) is 9.66. The van der Waals surface area contributed by atoms with Crippen LogP contribution in [0.4, 0.5) is 8.78 Å². The van der Waals surface area contributed by atoms with Gasteiger partial charge in [-0.05, 0) is 66.2 Å². The number of halogens is 2. The molecule has 0 atom stereocenters. The number of rotatable bonds is 5. The van der Waals surface area contributed by atoms with Crippen LogP contribution in [-0.4, -0.2) is 19.5 Å². The minimum atomic E-state index is -0.700. The van der Waals surface area contributed by atoms with Crippen molar-refractivity contribution >= 4 is 21.8 Å². The Morgan fingerprint density at radius 1 is 0.490 bits per heavy atom. The molecule has 0 aliphatic carbocycles. The first-order valence-electron chi connectivity index (χ1n) is 15.4. The molecule has 0 aliphatic rings. The summed E-state index contributed by atoms with van der Waals surface area (Å²) in [4.78, 5) is 14.8. The molecule has 6 nitrogen and oxygen atoms in total. The van der Waals surface area contributed by atoms with Crippen LogP contribution in [0.1, 0.15) is 11.1 Å². The van der Waals surface area contributed by atoms with Crippen LogP contribution >= 0.6 is 0 Å². The molecule has 2 aromatic heterocycles. The zero-order valence-electron chi connectivity index (χ0n) is 25.6. The summed E-state index contributed by atoms with van der Waals surface area (Å²) in [5.41, 5.74) is 6.05. The smallest absolute Gasteiger partial charge is 0.166 e. The van der Waals surface area contributed by atoms with Crippen molar-refractivity contribution in [3.05, 3.63) is 156 Å². The maximum absolute atomic E-state index is 15.2. The van der Waals surface area contributed by atoms with E-state index in [4.69, 9.17) is 15.0 Å². The van der Waals surface area contributed by atoms with Crippen molar-refractivity contribution in [1.29, 1.82) is 10.5 Å². The molecule has 0 N–H and O–H groups in total. The molecule has 6 aromatic carbocycles. The second kappa shape index (κ2) is 12.0. The van der Waals surface area contributed by atoms with Crippen LogP contribution in [0.15, 0.2) is 133 Å². The van der Waals surface area contributed by atoms with Crippen molar-refractivity contribution in [2.75, 3.05) is 0 Å². The first-order chi connectivity index (χ1) is 24.0. The largest absolute Gasteiger partial charge is 0.308 e. The summed E-state index contributed by atoms with van der Waals surface area (Å²) in [5, 5.41) is 21.0. The molecular formula is C41H22F2N6. The number of aromatic nitrogens is 4. The second-order valence-electron chi connectivity index (χ2n) is 11.4. The van der Waals surface area contributed by atoms with Gasteiger partial charge in [-0.15, -0.1) is 0 Å². The Bertz CT molecular complexity index is 2520. The van der Waals surface area contributed by atoms with Crippen LogP contribution in [0.25, 0.3) is 72.8 Å². The van der Waals surface area contributed by atoms with E-state index in [1.165, 1.54) is 12.1 Å². The molecule has 0 fully saturated rings. The number of hydrogen-bond acceptors (Lipinski definition) is 5. The first kappa shape index (κ1) is 29.4. The molecule has 8 aromatic rings. The van der Waals surface area contributed by atoms with Gasteiger partial charge < -0.3 is 4.57 Å². The van der Waals surface area contributed by atoms with Crippen LogP contribution in [0.3, 0.4) is 0 Å². The summed E-state index contributed by atoms with van der Waals surface area (Å²) < 4.78 is 31.2. The Morgan fingerprint density at radius 2 is 1.04 bits per heavy atom. The van der Waals surface area contributed by atoms with E-state index in [9.17, 15) is 14.9 Å². The molecule has 0 unspecified atom stereocenters. The average Bonchev–Trinajstić information content (AvgIpc) is 3.47. The van der Waals surface area contributed by atoms with Crippen LogP contribution < -0.4 is 0 Å². The highest BCUT2D eigenvalue weighted by atomic mass is 19.1. The molecular weight excluding hydrogens is 614 g/mol. The molecule has 230 valence electrons. The van der Waals surface area contributed by atoms with Gasteiger partial charge >= 0.3 is 0 Å². The average molecular weight is 637 g/mol. The lowest BCUT2D eigenvalue weighted by molar-refractivity contribution is 0.585. The maximum Gasteiger partial charge on any atom is 0.166 e. The number of benzene rings is 6. The summed E-state index contributed by atoms with van der Waals surface area (Å²) in [5.74, 6) is -0.130. The quantitative estimate of drug-likeness (QED) is 0.188. The van der Waals surface area contributed by atoms with Gasteiger partial charge in [-0.25, -0.2) is 23.7 Å². The Labute approximate surface area is 279 Å². The van der Waals surface area contributed by atoms with Crippen LogP contribution in [0.2, 0.25) is 0 Å². The fourth-order valence-electron chi connectivity index (χ4n) is 6.15. The third kappa shape index (κ3) is 5.24. The van der Waals surface area contributed by atoms with Gasteiger partial charge in [-0.2, -0.15) is 10.5 Å². The number of nitrogens with zero attached hydrogens (tertiary/aromatic N) is 6. The molecule has 0 bridgehead atoms. The van der Waals surface area contributed by atoms with E-state index >= 15 is 4.39 Å². The van der Waals surface area contributed by atoms with E-state index < -0.39 is 11.6 Å². The Morgan fingerprint density at radius 3 is 1.57 bits per heavy atom. The molecule has 8 rings (SSSR count). The minimum Gasteiger partial charge on any atom is -0.308 e. The van der Waals surface area contributed by atoms with Crippen molar-refractivity contribution in [3.8, 4) is 63.1 Å². The van der Waals surface area contributed by atoms with Gasteiger partial charge in [0.05, 0.1) is 40.0 Å². The van der Waals surface area contributed by atoms with E-state index in [1.54, 1.807) is 36.4 Å². The lowest BCUT2D eigenvalue weighted by atomic mass is 10.00. The van der Waals surface area contributed by atoms with Crippen molar-refractivity contribution < 1.29 is 8.78 Å². The van der Waals surface area contributed by atoms with Gasteiger partial charge in [0.25, 0.3) is 0 Å². The van der Waals surface area contributed by atoms with Crippen LogP contribution in [0, 0.1) is 34.3 Å². The van der Waals surface area contributed by atoms with E-state index in [1.807, 2.05) is 83.4 Å². The van der Waals surface area contributed by atoms with Crippen molar-refractivity contribution in [1.82, 2.24) is 19.5 Å². The van der Waals surface area contributed by atoms with E-state index in [0.717, 1.165) is 39.0 Å². The number of hydrogen-bond donors (Lipinski definition) is 0. The second-order valence-corrected chi connectivity index (χ2v) is 11.4. The monoisotopic (exact) mass is 636 g/mol. The number of nitriles is 2. The van der Waals surface area contributed by atoms with Gasteiger partial charge in [0.15, 0.2) is 17.5 Å². The van der Waals surface area contributed by atoms with Crippen molar-refractivity contribution in [3.63, 3.8) is 0 Å². The van der Waals surface area contributed by atoms with Gasteiger partial charge in [0.1, 0.15) is 11.6 Å². The zero-order chi connectivity index (χ0) is 33.5. The van der Waals surface area contributed by atoms with Crippen LogP contribution in [-0.2, 0) is 0 Å². The van der Waals surface area contributed by atoms with Gasteiger partial charge in [0.2, 0.25) is 0 Å². The molecule has 0 spiro atoms. The molecule has 0 amide bonds. The highest BCUT2D eigenvalue weighted by Crippen LogP contribution is 2.39. The lowest BCUT2D eigenvalue weighted by Crippen LogP contribution is -2.04. The van der Waals surface area contributed by atoms with E-state index in [0.29, 0.717) is 45.4 Å². The van der Waals surface area contributed by atoms with Gasteiger partial charge in [-0.1, -0.05) is 66.7 Å². The highest BCUT2D eigenvalue weighted by molar-refractivity contribution is 6.10. The third-order valence-corrected chi connectivity index (χ3v) is 8.44. The standard InChI is InChI=1S/C41H22F2N6/c42-30-14-15-31(35(43)22-30)29-13-18-38(49-36-16-11-25(23-44)19-32(36)33-20-26(24-45)12-17-37(33)49)34(21-29)41-47-39(27-7-3-1-4-8-27)46-40(48-41)28-9-5-2-6-10-28/h1-22H. The Hall–Kier alpha value is -7.03.